The summed E-state index contributed by atoms with van der Waals surface area (Å²) < 4.78 is 38.7. The summed E-state index contributed by atoms with van der Waals surface area (Å²) in [7, 11) is 0. The minimum Gasteiger partial charge on any atom is -0.392 e. The van der Waals surface area contributed by atoms with Crippen LogP contribution in [0.4, 0.5) is 18.9 Å². The summed E-state index contributed by atoms with van der Waals surface area (Å²) in [6.07, 6.45) is -3.41. The van der Waals surface area contributed by atoms with Crippen LogP contribution in [0.2, 0.25) is 0 Å². The molecule has 2 N–H and O–H groups in total. The molecule has 0 heterocycles. The molecule has 1 saturated carbocycles. The summed E-state index contributed by atoms with van der Waals surface area (Å²) in [5, 5.41) is 11.9. The molecular weight excluding hydrogens is 319 g/mol. The minimum absolute atomic E-state index is 0.150. The molecule has 1 aliphatic carbocycles. The second kappa shape index (κ2) is 5.94. The summed E-state index contributed by atoms with van der Waals surface area (Å²) in [6, 6.07) is 11.7. The van der Waals surface area contributed by atoms with Crippen LogP contribution in [0.25, 0.3) is 0 Å². The molecule has 0 aliphatic heterocycles. The first kappa shape index (κ1) is 16.5. The Labute approximate surface area is 137 Å². The number of alkyl halides is 3. The van der Waals surface area contributed by atoms with Crippen LogP contribution in [-0.2, 0) is 23.0 Å². The number of aliphatic hydroxyl groups excluding tert-OH is 1. The predicted molar refractivity (Wildman–Crippen MR) is 83.4 cm³/mol. The molecule has 1 amide bonds. The van der Waals surface area contributed by atoms with Crippen molar-refractivity contribution in [2.45, 2.75) is 31.0 Å². The Balaban J connectivity index is 1.84. The van der Waals surface area contributed by atoms with Crippen molar-refractivity contribution in [3.8, 4) is 0 Å². The van der Waals surface area contributed by atoms with E-state index < -0.39 is 17.2 Å². The maximum atomic E-state index is 12.9. The molecule has 0 atom stereocenters. The monoisotopic (exact) mass is 335 g/mol. The van der Waals surface area contributed by atoms with Crippen molar-refractivity contribution in [1.29, 1.82) is 0 Å². The Morgan fingerprint density at radius 1 is 1.12 bits per heavy atom. The van der Waals surface area contributed by atoms with Gasteiger partial charge < -0.3 is 10.4 Å². The van der Waals surface area contributed by atoms with Crippen LogP contribution in [0, 0.1) is 0 Å². The minimum atomic E-state index is -4.43. The zero-order valence-corrected chi connectivity index (χ0v) is 12.7. The number of hydrogen-bond donors (Lipinski definition) is 2. The number of halogens is 3. The summed E-state index contributed by atoms with van der Waals surface area (Å²) >= 11 is 0. The first-order valence-corrected chi connectivity index (χ1v) is 7.54. The zero-order chi connectivity index (χ0) is 17.4. The molecule has 2 aromatic carbocycles. The van der Waals surface area contributed by atoms with Crippen LogP contribution in [0.15, 0.2) is 48.5 Å². The quantitative estimate of drug-likeness (QED) is 0.891. The fourth-order valence-electron chi connectivity index (χ4n) is 2.76. The van der Waals surface area contributed by atoms with Crippen LogP contribution < -0.4 is 5.32 Å². The Morgan fingerprint density at radius 2 is 1.83 bits per heavy atom. The lowest BCUT2D eigenvalue weighted by Crippen LogP contribution is -2.28. The molecule has 3 rings (SSSR count). The van der Waals surface area contributed by atoms with Gasteiger partial charge in [0.15, 0.2) is 0 Å². The second-order valence-corrected chi connectivity index (χ2v) is 5.97. The Hall–Kier alpha value is -2.34. The summed E-state index contributed by atoms with van der Waals surface area (Å²) in [6.45, 7) is -0.150. The fraction of sp³-hybridized carbons (Fsp3) is 0.278. The maximum absolute atomic E-state index is 12.9. The molecule has 2 aromatic rings. The largest absolute Gasteiger partial charge is 0.416 e. The molecule has 0 unspecified atom stereocenters. The Morgan fingerprint density at radius 3 is 2.46 bits per heavy atom. The second-order valence-electron chi connectivity index (χ2n) is 5.97. The van der Waals surface area contributed by atoms with Crippen molar-refractivity contribution in [2.24, 2.45) is 0 Å². The van der Waals surface area contributed by atoms with E-state index in [1.165, 1.54) is 6.07 Å². The van der Waals surface area contributed by atoms with Gasteiger partial charge in [0.1, 0.15) is 0 Å². The van der Waals surface area contributed by atoms with E-state index in [-0.39, 0.29) is 12.5 Å². The molecule has 0 aromatic heterocycles. The van der Waals surface area contributed by atoms with Gasteiger partial charge in [0.05, 0.1) is 17.6 Å². The number of amides is 1. The Bertz CT molecular complexity index is 767. The molecule has 0 radical (unpaired) electrons. The van der Waals surface area contributed by atoms with E-state index in [0.717, 1.165) is 12.1 Å². The number of carbonyl (C=O) groups excluding carboxylic acids is 1. The topological polar surface area (TPSA) is 49.3 Å². The standard InChI is InChI=1S/C18H16F3NO2/c19-18(20,21)14-5-2-4-13(10-14)17(7-8-17)16(24)22-15-6-1-3-12(9-15)11-23/h1-6,9-10,23H,7-8,11H2,(H,22,24). The van der Waals surface area contributed by atoms with Gasteiger partial charge in [0.2, 0.25) is 5.91 Å². The first-order valence-electron chi connectivity index (χ1n) is 7.54. The van der Waals surface area contributed by atoms with Crippen LogP contribution >= 0.6 is 0 Å². The number of benzene rings is 2. The fourth-order valence-corrected chi connectivity index (χ4v) is 2.76. The van der Waals surface area contributed by atoms with E-state index in [1.54, 1.807) is 30.3 Å². The molecule has 0 spiro atoms. The average Bonchev–Trinajstić information content (AvgIpc) is 3.36. The molecule has 0 bridgehead atoms. The number of anilines is 1. The number of hydrogen-bond acceptors (Lipinski definition) is 2. The average molecular weight is 335 g/mol. The molecule has 0 saturated heterocycles. The van der Waals surface area contributed by atoms with Crippen molar-refractivity contribution >= 4 is 11.6 Å². The first-order chi connectivity index (χ1) is 11.3. The van der Waals surface area contributed by atoms with Gasteiger partial charge in [-0.05, 0) is 42.2 Å². The molecule has 3 nitrogen and oxygen atoms in total. The highest BCUT2D eigenvalue weighted by molar-refractivity contribution is 6.01. The lowest BCUT2D eigenvalue weighted by Gasteiger charge is -2.18. The van der Waals surface area contributed by atoms with Crippen LogP contribution in [0.3, 0.4) is 0 Å². The predicted octanol–water partition coefficient (Wildman–Crippen LogP) is 3.87. The molecule has 24 heavy (non-hydrogen) atoms. The van der Waals surface area contributed by atoms with Gasteiger partial charge in [-0.1, -0.05) is 30.3 Å². The van der Waals surface area contributed by atoms with Gasteiger partial charge in [0.25, 0.3) is 0 Å². The van der Waals surface area contributed by atoms with Crippen molar-refractivity contribution < 1.29 is 23.1 Å². The number of aliphatic hydroxyl groups is 1. The van der Waals surface area contributed by atoms with E-state index in [1.807, 2.05) is 0 Å². The van der Waals surface area contributed by atoms with Gasteiger partial charge >= 0.3 is 6.18 Å². The van der Waals surface area contributed by atoms with Crippen LogP contribution in [0.5, 0.6) is 0 Å². The number of rotatable bonds is 4. The van der Waals surface area contributed by atoms with Crippen molar-refractivity contribution in [2.75, 3.05) is 5.32 Å². The highest BCUT2D eigenvalue weighted by Gasteiger charge is 2.51. The number of carbonyl (C=O) groups is 1. The molecule has 1 fully saturated rings. The van der Waals surface area contributed by atoms with Crippen LogP contribution in [-0.4, -0.2) is 11.0 Å². The van der Waals surface area contributed by atoms with Crippen molar-refractivity contribution in [3.05, 3.63) is 65.2 Å². The summed E-state index contributed by atoms with van der Waals surface area (Å²) in [5.41, 5.74) is -0.104. The third kappa shape index (κ3) is 3.14. The van der Waals surface area contributed by atoms with Crippen molar-refractivity contribution in [3.63, 3.8) is 0 Å². The van der Waals surface area contributed by atoms with Gasteiger partial charge in [-0.15, -0.1) is 0 Å². The third-order valence-corrected chi connectivity index (χ3v) is 4.29. The van der Waals surface area contributed by atoms with E-state index in [0.29, 0.717) is 29.7 Å². The maximum Gasteiger partial charge on any atom is 0.416 e. The molecule has 1 aliphatic rings. The summed E-state index contributed by atoms with van der Waals surface area (Å²) in [5.74, 6) is -0.322. The molecule has 126 valence electrons. The van der Waals surface area contributed by atoms with Gasteiger partial charge in [-0.2, -0.15) is 13.2 Å². The normalized spacial score (nSPS) is 15.8. The SMILES string of the molecule is O=C(Nc1cccc(CO)c1)C1(c2cccc(C(F)(F)F)c2)CC1. The van der Waals surface area contributed by atoms with E-state index in [9.17, 15) is 18.0 Å². The smallest absolute Gasteiger partial charge is 0.392 e. The molecular formula is C18H16F3NO2. The third-order valence-electron chi connectivity index (χ3n) is 4.29. The van der Waals surface area contributed by atoms with Gasteiger partial charge in [-0.25, -0.2) is 0 Å². The highest BCUT2D eigenvalue weighted by Crippen LogP contribution is 2.49. The molecule has 6 heteroatoms. The van der Waals surface area contributed by atoms with Crippen LogP contribution in [0.1, 0.15) is 29.5 Å². The highest BCUT2D eigenvalue weighted by atomic mass is 19.4. The lowest BCUT2D eigenvalue weighted by molar-refractivity contribution is -0.137. The van der Waals surface area contributed by atoms with Gasteiger partial charge in [-0.3, -0.25) is 4.79 Å². The van der Waals surface area contributed by atoms with E-state index >= 15 is 0 Å². The van der Waals surface area contributed by atoms with Gasteiger partial charge in [0, 0.05) is 5.69 Å². The zero-order valence-electron chi connectivity index (χ0n) is 12.7. The summed E-state index contributed by atoms with van der Waals surface area (Å²) in [4.78, 5) is 12.6. The number of nitrogens with one attached hydrogen (secondary N) is 1. The van der Waals surface area contributed by atoms with E-state index in [4.69, 9.17) is 5.11 Å². The lowest BCUT2D eigenvalue weighted by atomic mass is 9.93. The van der Waals surface area contributed by atoms with E-state index in [2.05, 4.69) is 5.32 Å². The Kier molecular flexibility index (Phi) is 4.09. The van der Waals surface area contributed by atoms with Crippen molar-refractivity contribution in [1.82, 2.24) is 0 Å².